The van der Waals surface area contributed by atoms with Gasteiger partial charge in [0, 0.05) is 0 Å². The monoisotopic (exact) mass is 271 g/mol. The first-order valence-electron chi connectivity index (χ1n) is 7.08. The number of fused-ring (bicyclic) bond motifs is 2. The number of hydrogen-bond donors (Lipinski definition) is 1. The van der Waals surface area contributed by atoms with Crippen LogP contribution in [0, 0.1) is 11.8 Å². The number of carbonyl (C=O) groups excluding carboxylic acids is 1. The van der Waals surface area contributed by atoms with Gasteiger partial charge in [-0.15, -0.1) is 0 Å². The van der Waals surface area contributed by atoms with Crippen molar-refractivity contribution in [2.45, 2.75) is 57.1 Å². The molecule has 1 unspecified atom stereocenters. The molecule has 0 aliphatic heterocycles. The quantitative estimate of drug-likeness (QED) is 0.754. The summed E-state index contributed by atoms with van der Waals surface area (Å²) in [5.74, 6) is 2.11. The van der Waals surface area contributed by atoms with E-state index in [0.717, 1.165) is 24.5 Å². The van der Waals surface area contributed by atoms with Crippen LogP contribution in [0.3, 0.4) is 0 Å². The lowest BCUT2D eigenvalue weighted by atomic mass is 9.82. The summed E-state index contributed by atoms with van der Waals surface area (Å²) < 4.78 is 5.87. The highest BCUT2D eigenvalue weighted by Crippen LogP contribution is 2.54. The molecular weight excluding hydrogens is 246 g/mol. The molecule has 2 fully saturated rings. The molecule has 104 valence electrons. The third kappa shape index (κ3) is 2.69. The van der Waals surface area contributed by atoms with Crippen LogP contribution in [-0.2, 0) is 9.53 Å². The van der Waals surface area contributed by atoms with Crippen molar-refractivity contribution >= 4 is 17.7 Å². The molecule has 2 aliphatic carbocycles. The maximum atomic E-state index is 12.1. The first kappa shape index (κ1) is 14.2. The summed E-state index contributed by atoms with van der Waals surface area (Å²) in [5.41, 5.74) is 5.72. The summed E-state index contributed by atoms with van der Waals surface area (Å²) >= 11 is 1.72. The van der Waals surface area contributed by atoms with Gasteiger partial charge in [0.2, 0.25) is 0 Å². The van der Waals surface area contributed by atoms with E-state index in [1.807, 2.05) is 6.26 Å². The van der Waals surface area contributed by atoms with Crippen molar-refractivity contribution < 1.29 is 9.53 Å². The van der Waals surface area contributed by atoms with Crippen LogP contribution < -0.4 is 5.73 Å². The number of ether oxygens (including phenoxy) is 1. The molecule has 0 radical (unpaired) electrons. The molecule has 3 nitrogen and oxygen atoms in total. The van der Waals surface area contributed by atoms with Gasteiger partial charge in [0.05, 0.1) is 0 Å². The van der Waals surface area contributed by atoms with E-state index in [9.17, 15) is 4.79 Å². The van der Waals surface area contributed by atoms with Crippen molar-refractivity contribution in [3.05, 3.63) is 0 Å². The number of esters is 1. The summed E-state index contributed by atoms with van der Waals surface area (Å²) in [5, 5.41) is 0. The number of thioether (sulfide) groups is 1. The van der Waals surface area contributed by atoms with Gasteiger partial charge in [0.25, 0.3) is 0 Å². The zero-order valence-electron chi connectivity index (χ0n) is 11.5. The average molecular weight is 271 g/mol. The van der Waals surface area contributed by atoms with Crippen molar-refractivity contribution in [3.8, 4) is 0 Å². The van der Waals surface area contributed by atoms with E-state index < -0.39 is 6.04 Å². The van der Waals surface area contributed by atoms with Crippen molar-refractivity contribution in [3.63, 3.8) is 0 Å². The highest BCUT2D eigenvalue weighted by Gasteiger charge is 2.52. The van der Waals surface area contributed by atoms with E-state index in [0.29, 0.717) is 12.3 Å². The van der Waals surface area contributed by atoms with Gasteiger partial charge in [-0.1, -0.05) is 6.92 Å². The molecule has 2 bridgehead atoms. The Balaban J connectivity index is 1.92. The van der Waals surface area contributed by atoms with Gasteiger partial charge >= 0.3 is 5.97 Å². The molecule has 0 aromatic heterocycles. The van der Waals surface area contributed by atoms with Crippen LogP contribution in [0.1, 0.15) is 45.4 Å². The molecular formula is C14H25NO2S. The fourth-order valence-corrected chi connectivity index (χ4v) is 4.15. The average Bonchev–Trinajstić information content (AvgIpc) is 2.96. The van der Waals surface area contributed by atoms with Gasteiger partial charge in [-0.25, -0.2) is 0 Å². The Morgan fingerprint density at radius 3 is 2.83 bits per heavy atom. The number of rotatable bonds is 6. The molecule has 0 spiro atoms. The Kier molecular flexibility index (Phi) is 4.59. The smallest absolute Gasteiger partial charge is 0.323 e. The topological polar surface area (TPSA) is 52.3 Å². The predicted molar refractivity (Wildman–Crippen MR) is 75.5 cm³/mol. The van der Waals surface area contributed by atoms with Crippen LogP contribution in [0.25, 0.3) is 0 Å². The maximum Gasteiger partial charge on any atom is 0.323 e. The normalized spacial score (nSPS) is 35.7. The second kappa shape index (κ2) is 5.83. The third-order valence-corrected chi connectivity index (χ3v) is 5.40. The molecule has 2 rings (SSSR count). The molecule has 2 saturated carbocycles. The Morgan fingerprint density at radius 1 is 1.56 bits per heavy atom. The van der Waals surface area contributed by atoms with Crippen LogP contribution in [0.4, 0.5) is 0 Å². The van der Waals surface area contributed by atoms with Crippen molar-refractivity contribution in [2.24, 2.45) is 17.6 Å². The lowest BCUT2D eigenvalue weighted by molar-refractivity contribution is -0.168. The Morgan fingerprint density at radius 2 is 2.33 bits per heavy atom. The molecule has 0 amide bonds. The van der Waals surface area contributed by atoms with Crippen LogP contribution in [0.15, 0.2) is 0 Å². The summed E-state index contributed by atoms with van der Waals surface area (Å²) in [6, 6.07) is -0.444. The molecule has 0 aromatic carbocycles. The van der Waals surface area contributed by atoms with E-state index in [1.165, 1.54) is 19.3 Å². The standard InChI is InChI=1S/C14H25NO2S/c1-3-14(9-10-4-5-11(14)8-10)17-13(16)12(15)6-7-18-2/h10-12H,3-9,15H2,1-2H3/t10-,11+,12?,14+/m1/s1. The first-order chi connectivity index (χ1) is 8.61. The number of carbonyl (C=O) groups is 1. The van der Waals surface area contributed by atoms with Crippen molar-refractivity contribution in [1.82, 2.24) is 0 Å². The lowest BCUT2D eigenvalue weighted by Gasteiger charge is -2.37. The van der Waals surface area contributed by atoms with E-state index in [4.69, 9.17) is 10.5 Å². The van der Waals surface area contributed by atoms with Gasteiger partial charge in [-0.2, -0.15) is 11.8 Å². The third-order valence-electron chi connectivity index (χ3n) is 4.76. The minimum Gasteiger partial charge on any atom is -0.458 e. The second-order valence-electron chi connectivity index (χ2n) is 5.81. The van der Waals surface area contributed by atoms with Gasteiger partial charge in [0.1, 0.15) is 11.6 Å². The largest absolute Gasteiger partial charge is 0.458 e. The molecule has 0 aromatic rings. The van der Waals surface area contributed by atoms with Gasteiger partial charge in [-0.05, 0) is 62.4 Å². The number of hydrogen-bond acceptors (Lipinski definition) is 4. The minimum atomic E-state index is -0.444. The molecule has 4 atom stereocenters. The SMILES string of the molecule is CC[C@]1(OC(=O)C(N)CCSC)C[C@@H]2CC[C@H]1C2. The van der Waals surface area contributed by atoms with Crippen LogP contribution >= 0.6 is 11.8 Å². The van der Waals surface area contributed by atoms with Crippen molar-refractivity contribution in [2.75, 3.05) is 12.0 Å². The van der Waals surface area contributed by atoms with Gasteiger partial charge in [-0.3, -0.25) is 4.79 Å². The summed E-state index contributed by atoms with van der Waals surface area (Å²) in [7, 11) is 0. The van der Waals surface area contributed by atoms with E-state index in [2.05, 4.69) is 6.92 Å². The zero-order chi connectivity index (χ0) is 13.2. The fourth-order valence-electron chi connectivity index (χ4n) is 3.66. The lowest BCUT2D eigenvalue weighted by Crippen LogP contribution is -2.45. The van der Waals surface area contributed by atoms with Gasteiger partial charge < -0.3 is 10.5 Å². The molecule has 18 heavy (non-hydrogen) atoms. The van der Waals surface area contributed by atoms with Crippen molar-refractivity contribution in [1.29, 1.82) is 0 Å². The molecule has 0 heterocycles. The summed E-state index contributed by atoms with van der Waals surface area (Å²) in [6.07, 6.45) is 8.55. The predicted octanol–water partition coefficient (Wildman–Crippen LogP) is 2.58. The maximum absolute atomic E-state index is 12.1. The first-order valence-corrected chi connectivity index (χ1v) is 8.48. The number of nitrogens with two attached hydrogens (primary N) is 1. The highest BCUT2D eigenvalue weighted by molar-refractivity contribution is 7.98. The highest BCUT2D eigenvalue weighted by atomic mass is 32.2. The van der Waals surface area contributed by atoms with Gasteiger partial charge in [0.15, 0.2) is 0 Å². The van der Waals surface area contributed by atoms with E-state index >= 15 is 0 Å². The molecule has 0 saturated heterocycles. The minimum absolute atomic E-state index is 0.182. The van der Waals surface area contributed by atoms with Crippen LogP contribution in [0.2, 0.25) is 0 Å². The molecule has 4 heteroatoms. The molecule has 2 aliphatic rings. The van der Waals surface area contributed by atoms with E-state index in [-0.39, 0.29) is 11.6 Å². The fraction of sp³-hybridized carbons (Fsp3) is 0.929. The Labute approximate surface area is 114 Å². The van der Waals surface area contributed by atoms with E-state index in [1.54, 1.807) is 11.8 Å². The Hall–Kier alpha value is -0.220. The molecule has 2 N–H and O–H groups in total. The van der Waals surface area contributed by atoms with Crippen LogP contribution in [-0.4, -0.2) is 29.6 Å². The summed E-state index contributed by atoms with van der Waals surface area (Å²) in [4.78, 5) is 12.1. The Bertz CT molecular complexity index is 310. The summed E-state index contributed by atoms with van der Waals surface area (Å²) in [6.45, 7) is 2.14. The zero-order valence-corrected chi connectivity index (χ0v) is 12.3. The van der Waals surface area contributed by atoms with Crippen LogP contribution in [0.5, 0.6) is 0 Å². The second-order valence-corrected chi connectivity index (χ2v) is 6.79.